The largest absolute Gasteiger partial charge is 0.468 e. The Morgan fingerprint density at radius 3 is 2.19 bits per heavy atom. The van der Waals surface area contributed by atoms with Crippen molar-refractivity contribution >= 4 is 28.0 Å². The van der Waals surface area contributed by atoms with E-state index >= 15 is 0 Å². The highest BCUT2D eigenvalue weighted by Gasteiger charge is 2.36. The molecule has 1 rings (SSSR count). The van der Waals surface area contributed by atoms with Crippen LogP contribution in [-0.4, -0.2) is 106 Å². The Balaban J connectivity index is 3.00. The lowest BCUT2D eigenvalue weighted by molar-refractivity contribution is -0.146. The molecule has 0 fully saturated rings. The number of aliphatic hydroxyl groups is 1. The van der Waals surface area contributed by atoms with Crippen LogP contribution in [0.15, 0.2) is 30.3 Å². The second kappa shape index (κ2) is 13.7. The van der Waals surface area contributed by atoms with E-state index in [9.17, 15) is 27.9 Å². The van der Waals surface area contributed by atoms with Crippen LogP contribution in [-0.2, 0) is 35.8 Å². The zero-order valence-corrected chi connectivity index (χ0v) is 22.8. The smallest absolute Gasteiger partial charge is 0.326 e. The molecule has 0 aliphatic carbocycles. The van der Waals surface area contributed by atoms with Crippen LogP contribution in [0.3, 0.4) is 0 Å². The number of ether oxygens (including phenoxy) is 1. The first-order valence-corrected chi connectivity index (χ1v) is 12.8. The zero-order valence-electron chi connectivity index (χ0n) is 21.9. The fourth-order valence-corrected chi connectivity index (χ4v) is 4.52. The van der Waals surface area contributed by atoms with Crippen molar-refractivity contribution in [3.05, 3.63) is 35.9 Å². The third-order valence-corrected chi connectivity index (χ3v) is 6.99. The molecule has 0 heterocycles. The number of hydrogen-bond acceptors (Lipinski definition) is 8. The normalized spacial score (nSPS) is 14.7. The number of esters is 1. The molecular formula is C23H39N5O7S. The molecule has 0 saturated heterocycles. The minimum absolute atomic E-state index is 0.102. The number of methoxy groups -OCH3 is 1. The molecule has 204 valence electrons. The Bertz CT molecular complexity index is 986. The molecule has 36 heavy (non-hydrogen) atoms. The summed E-state index contributed by atoms with van der Waals surface area (Å²) in [6.07, 6.45) is -1.11. The second-order valence-electron chi connectivity index (χ2n) is 9.40. The summed E-state index contributed by atoms with van der Waals surface area (Å²) in [6, 6.07) is 7.31. The molecule has 0 aromatic heterocycles. The average molecular weight is 530 g/mol. The number of benzene rings is 1. The van der Waals surface area contributed by atoms with Gasteiger partial charge in [0.1, 0.15) is 11.6 Å². The summed E-state index contributed by atoms with van der Waals surface area (Å²) in [5.41, 5.74) is -0.730. The monoisotopic (exact) mass is 529 g/mol. The SMILES string of the molecule is COC(=O)C(C)(C)NS(=O)(=O)N(C)CC(O)C(Cc1ccccc1)NC(=O)C(C)NC(=O)CN(C)C. The molecule has 0 spiro atoms. The number of nitrogens with zero attached hydrogens (tertiary/aromatic N) is 2. The van der Waals surface area contributed by atoms with E-state index in [1.54, 1.807) is 31.1 Å². The van der Waals surface area contributed by atoms with E-state index < -0.39 is 45.8 Å². The van der Waals surface area contributed by atoms with E-state index in [-0.39, 0.29) is 25.4 Å². The Kier molecular flexibility index (Phi) is 11.9. The van der Waals surface area contributed by atoms with E-state index in [1.807, 2.05) is 18.2 Å². The van der Waals surface area contributed by atoms with Gasteiger partial charge in [-0.25, -0.2) is 0 Å². The number of hydrogen-bond donors (Lipinski definition) is 4. The number of likely N-dealkylation sites (N-methyl/N-ethyl adjacent to an activating group) is 2. The number of carbonyl (C=O) groups is 3. The summed E-state index contributed by atoms with van der Waals surface area (Å²) in [6.45, 7) is 3.94. The lowest BCUT2D eigenvalue weighted by Gasteiger charge is -2.31. The third kappa shape index (κ3) is 10.2. The van der Waals surface area contributed by atoms with Crippen molar-refractivity contribution in [1.82, 2.24) is 24.6 Å². The molecule has 4 N–H and O–H groups in total. The topological polar surface area (TPSA) is 157 Å². The van der Waals surface area contributed by atoms with Crippen LogP contribution in [0.5, 0.6) is 0 Å². The first kappa shape index (κ1) is 31.4. The lowest BCUT2D eigenvalue weighted by Crippen LogP contribution is -2.57. The Morgan fingerprint density at radius 1 is 1.08 bits per heavy atom. The molecular weight excluding hydrogens is 490 g/mol. The molecule has 0 bridgehead atoms. The number of carbonyl (C=O) groups excluding carboxylic acids is 3. The predicted octanol–water partition coefficient (Wildman–Crippen LogP) is -1.14. The molecule has 2 amide bonds. The Morgan fingerprint density at radius 2 is 1.67 bits per heavy atom. The predicted molar refractivity (Wildman–Crippen MR) is 135 cm³/mol. The summed E-state index contributed by atoms with van der Waals surface area (Å²) in [7, 11) is 1.64. The van der Waals surface area contributed by atoms with Gasteiger partial charge in [0.2, 0.25) is 11.8 Å². The Hall–Kier alpha value is -2.58. The minimum atomic E-state index is -4.20. The maximum absolute atomic E-state index is 12.8. The lowest BCUT2D eigenvalue weighted by atomic mass is 10.0. The van der Waals surface area contributed by atoms with Gasteiger partial charge in [0, 0.05) is 13.6 Å². The first-order valence-electron chi connectivity index (χ1n) is 11.4. The van der Waals surface area contributed by atoms with Crippen LogP contribution in [0.25, 0.3) is 0 Å². The maximum Gasteiger partial charge on any atom is 0.326 e. The van der Waals surface area contributed by atoms with Gasteiger partial charge in [0.15, 0.2) is 0 Å². The van der Waals surface area contributed by atoms with Gasteiger partial charge in [-0.05, 0) is 46.9 Å². The van der Waals surface area contributed by atoms with Crippen LogP contribution in [0, 0.1) is 0 Å². The first-order chi connectivity index (χ1) is 16.6. The fraction of sp³-hybridized carbons (Fsp3) is 0.609. The summed E-state index contributed by atoms with van der Waals surface area (Å²) in [4.78, 5) is 38.4. The van der Waals surface area contributed by atoms with Crippen molar-refractivity contribution < 1.29 is 32.6 Å². The summed E-state index contributed by atoms with van der Waals surface area (Å²) >= 11 is 0. The van der Waals surface area contributed by atoms with Crippen molar-refractivity contribution in [2.75, 3.05) is 41.3 Å². The van der Waals surface area contributed by atoms with Gasteiger partial charge in [-0.1, -0.05) is 30.3 Å². The maximum atomic E-state index is 12.8. The molecule has 1 aromatic rings. The van der Waals surface area contributed by atoms with Crippen LogP contribution in [0.4, 0.5) is 0 Å². The molecule has 0 saturated carbocycles. The van der Waals surface area contributed by atoms with Crippen molar-refractivity contribution in [3.8, 4) is 0 Å². The van der Waals surface area contributed by atoms with Crippen molar-refractivity contribution in [3.63, 3.8) is 0 Å². The van der Waals surface area contributed by atoms with E-state index in [1.165, 1.54) is 27.8 Å². The summed E-state index contributed by atoms with van der Waals surface area (Å²) in [5.74, 6) is -1.65. The van der Waals surface area contributed by atoms with Crippen LogP contribution >= 0.6 is 0 Å². The quantitative estimate of drug-likeness (QED) is 0.220. The molecule has 0 aliphatic rings. The van der Waals surface area contributed by atoms with Gasteiger partial charge in [-0.2, -0.15) is 17.4 Å². The van der Waals surface area contributed by atoms with Gasteiger partial charge < -0.3 is 25.4 Å². The third-order valence-electron chi connectivity index (χ3n) is 5.26. The summed E-state index contributed by atoms with van der Waals surface area (Å²) < 4.78 is 33.3. The van der Waals surface area contributed by atoms with Crippen molar-refractivity contribution in [2.45, 2.75) is 50.9 Å². The molecule has 0 aliphatic heterocycles. The van der Waals surface area contributed by atoms with Crippen molar-refractivity contribution in [2.24, 2.45) is 0 Å². The van der Waals surface area contributed by atoms with E-state index in [0.717, 1.165) is 17.0 Å². The van der Waals surface area contributed by atoms with Gasteiger partial charge in [-0.3, -0.25) is 14.4 Å². The molecule has 3 unspecified atom stereocenters. The molecule has 1 aromatic carbocycles. The highest BCUT2D eigenvalue weighted by atomic mass is 32.2. The molecule has 3 atom stereocenters. The highest BCUT2D eigenvalue weighted by Crippen LogP contribution is 2.12. The number of aliphatic hydroxyl groups excluding tert-OH is 1. The molecule has 12 nitrogen and oxygen atoms in total. The average Bonchev–Trinajstić information content (AvgIpc) is 2.77. The highest BCUT2D eigenvalue weighted by molar-refractivity contribution is 7.87. The van der Waals surface area contributed by atoms with Gasteiger partial charge in [-0.15, -0.1) is 0 Å². The second-order valence-corrected chi connectivity index (χ2v) is 11.2. The summed E-state index contributed by atoms with van der Waals surface area (Å²) in [5, 5.41) is 16.3. The minimum Gasteiger partial charge on any atom is -0.468 e. The molecule has 13 heteroatoms. The van der Waals surface area contributed by atoms with E-state index in [4.69, 9.17) is 0 Å². The number of nitrogens with one attached hydrogen (secondary N) is 3. The Labute approximate surface area is 213 Å². The number of amides is 2. The van der Waals surface area contributed by atoms with Crippen LogP contribution < -0.4 is 15.4 Å². The van der Waals surface area contributed by atoms with E-state index in [2.05, 4.69) is 20.1 Å². The van der Waals surface area contributed by atoms with Crippen LogP contribution in [0.1, 0.15) is 26.3 Å². The number of rotatable bonds is 14. The van der Waals surface area contributed by atoms with Crippen LogP contribution in [0.2, 0.25) is 0 Å². The van der Waals surface area contributed by atoms with Gasteiger partial charge in [0.05, 0.1) is 25.8 Å². The van der Waals surface area contributed by atoms with Gasteiger partial charge >= 0.3 is 5.97 Å². The van der Waals surface area contributed by atoms with E-state index in [0.29, 0.717) is 0 Å². The van der Waals surface area contributed by atoms with Crippen molar-refractivity contribution in [1.29, 1.82) is 0 Å². The zero-order chi connectivity index (χ0) is 27.7. The van der Waals surface area contributed by atoms with Gasteiger partial charge in [0.25, 0.3) is 10.2 Å². The molecule has 0 radical (unpaired) electrons. The standard InChI is InChI=1S/C23H39N5O7S/c1-16(24-20(30)15-27(4)5)21(31)25-18(13-17-11-9-8-10-12-17)19(29)14-28(6)36(33,34)26-23(2,3)22(32)35-7/h8-12,16,18-19,26,29H,13-15H2,1-7H3,(H,24,30)(H,25,31). The fourth-order valence-electron chi connectivity index (χ4n) is 3.28.